The third-order valence-electron chi connectivity index (χ3n) is 3.92. The van der Waals surface area contributed by atoms with Crippen molar-refractivity contribution in [3.8, 4) is 0 Å². The van der Waals surface area contributed by atoms with Gasteiger partial charge in [-0.15, -0.1) is 0 Å². The number of hydrogen-bond acceptors (Lipinski definition) is 5. The Morgan fingerprint density at radius 2 is 2.14 bits per heavy atom. The SMILES string of the molecule is COCCN1CCC(C(=O)NCc2c[nH]c(=O)[nH]c2=O)CC1. The zero-order valence-corrected chi connectivity index (χ0v) is 12.7. The average Bonchev–Trinajstić information content (AvgIpc) is 2.52. The number of likely N-dealkylation sites (tertiary alicyclic amines) is 1. The third kappa shape index (κ3) is 4.54. The predicted octanol–water partition coefficient (Wildman–Crippen LogP) is -0.962. The standard InChI is InChI=1S/C14H22N4O4/c1-22-7-6-18-4-2-10(3-5-18)12(19)15-8-11-9-16-14(21)17-13(11)20/h9-10H,2-8H2,1H3,(H,15,19)(H2,16,17,20,21). The Morgan fingerprint density at radius 3 is 2.77 bits per heavy atom. The van der Waals surface area contributed by atoms with E-state index in [4.69, 9.17) is 4.74 Å². The molecular formula is C14H22N4O4. The Kier molecular flexibility index (Phi) is 5.91. The summed E-state index contributed by atoms with van der Waals surface area (Å²) in [5.41, 5.74) is -0.688. The second-order valence-electron chi connectivity index (χ2n) is 5.42. The number of carbonyl (C=O) groups is 1. The van der Waals surface area contributed by atoms with Gasteiger partial charge in [0.1, 0.15) is 0 Å². The second kappa shape index (κ2) is 7.90. The van der Waals surface area contributed by atoms with Gasteiger partial charge in [0.05, 0.1) is 12.2 Å². The molecule has 1 aromatic rings. The first-order valence-corrected chi connectivity index (χ1v) is 7.40. The molecule has 0 bridgehead atoms. The zero-order chi connectivity index (χ0) is 15.9. The van der Waals surface area contributed by atoms with Gasteiger partial charge in [0.15, 0.2) is 0 Å². The summed E-state index contributed by atoms with van der Waals surface area (Å²) in [5, 5.41) is 2.76. The smallest absolute Gasteiger partial charge is 0.325 e. The molecule has 0 aromatic carbocycles. The molecule has 1 saturated heterocycles. The summed E-state index contributed by atoms with van der Waals surface area (Å²) >= 11 is 0. The zero-order valence-electron chi connectivity index (χ0n) is 12.7. The van der Waals surface area contributed by atoms with Gasteiger partial charge in [0.25, 0.3) is 5.56 Å². The minimum Gasteiger partial charge on any atom is -0.383 e. The number of rotatable bonds is 6. The van der Waals surface area contributed by atoms with Gasteiger partial charge in [0, 0.05) is 32.3 Å². The summed E-state index contributed by atoms with van der Waals surface area (Å²) in [6, 6.07) is 0. The van der Waals surface area contributed by atoms with E-state index in [1.807, 2.05) is 0 Å². The lowest BCUT2D eigenvalue weighted by Crippen LogP contribution is -2.41. The maximum atomic E-state index is 12.1. The van der Waals surface area contributed by atoms with E-state index in [-0.39, 0.29) is 18.4 Å². The minimum atomic E-state index is -0.552. The Hall–Kier alpha value is -1.93. The van der Waals surface area contributed by atoms with Crippen molar-refractivity contribution in [2.75, 3.05) is 33.4 Å². The number of aromatic amines is 2. The lowest BCUT2D eigenvalue weighted by atomic mass is 9.96. The lowest BCUT2D eigenvalue weighted by Gasteiger charge is -2.30. The van der Waals surface area contributed by atoms with Crippen molar-refractivity contribution in [1.29, 1.82) is 0 Å². The van der Waals surface area contributed by atoms with Crippen LogP contribution in [0.5, 0.6) is 0 Å². The summed E-state index contributed by atoms with van der Waals surface area (Å²) in [4.78, 5) is 41.4. The van der Waals surface area contributed by atoms with Gasteiger partial charge in [-0.05, 0) is 25.9 Å². The number of carbonyl (C=O) groups excluding carboxylic acids is 1. The highest BCUT2D eigenvalue weighted by atomic mass is 16.5. The van der Waals surface area contributed by atoms with E-state index in [0.717, 1.165) is 32.5 Å². The molecule has 0 saturated carbocycles. The van der Waals surface area contributed by atoms with Crippen LogP contribution in [0.25, 0.3) is 0 Å². The second-order valence-corrected chi connectivity index (χ2v) is 5.42. The first-order valence-electron chi connectivity index (χ1n) is 7.40. The van der Waals surface area contributed by atoms with E-state index in [1.54, 1.807) is 7.11 Å². The van der Waals surface area contributed by atoms with E-state index in [0.29, 0.717) is 12.2 Å². The van der Waals surface area contributed by atoms with Gasteiger partial charge in [-0.2, -0.15) is 0 Å². The highest BCUT2D eigenvalue weighted by molar-refractivity contribution is 5.78. The first kappa shape index (κ1) is 16.4. The van der Waals surface area contributed by atoms with Crippen LogP contribution in [0.4, 0.5) is 0 Å². The van der Waals surface area contributed by atoms with Crippen LogP contribution < -0.4 is 16.6 Å². The van der Waals surface area contributed by atoms with Crippen LogP contribution in [0.15, 0.2) is 15.8 Å². The number of ether oxygens (including phenoxy) is 1. The molecular weight excluding hydrogens is 288 g/mol. The summed E-state index contributed by atoms with van der Waals surface area (Å²) in [6.07, 6.45) is 2.93. The van der Waals surface area contributed by atoms with Crippen LogP contribution in [0.1, 0.15) is 18.4 Å². The Labute approximate surface area is 127 Å². The summed E-state index contributed by atoms with van der Waals surface area (Å²) in [7, 11) is 1.68. The molecule has 2 rings (SSSR count). The van der Waals surface area contributed by atoms with Crippen LogP contribution in [0, 0.1) is 5.92 Å². The van der Waals surface area contributed by atoms with Crippen molar-refractivity contribution in [3.63, 3.8) is 0 Å². The van der Waals surface area contributed by atoms with Gasteiger partial charge in [0.2, 0.25) is 5.91 Å². The van der Waals surface area contributed by atoms with Crippen LogP contribution >= 0.6 is 0 Å². The molecule has 2 heterocycles. The van der Waals surface area contributed by atoms with Crippen molar-refractivity contribution < 1.29 is 9.53 Å². The Bertz CT molecular complexity index is 601. The normalized spacial score (nSPS) is 16.6. The van der Waals surface area contributed by atoms with Crippen LogP contribution in [-0.4, -0.2) is 54.1 Å². The summed E-state index contributed by atoms with van der Waals surface area (Å²) in [6.45, 7) is 3.46. The lowest BCUT2D eigenvalue weighted by molar-refractivity contribution is -0.126. The number of piperidine rings is 1. The molecule has 22 heavy (non-hydrogen) atoms. The molecule has 0 aliphatic carbocycles. The monoisotopic (exact) mass is 310 g/mol. The molecule has 0 spiro atoms. The van der Waals surface area contributed by atoms with E-state index in [1.165, 1.54) is 6.20 Å². The first-order chi connectivity index (χ1) is 10.6. The quantitative estimate of drug-likeness (QED) is 0.627. The van der Waals surface area contributed by atoms with E-state index in [9.17, 15) is 14.4 Å². The molecule has 8 nitrogen and oxygen atoms in total. The minimum absolute atomic E-state index is 0.0272. The molecule has 1 aliphatic rings. The average molecular weight is 310 g/mol. The number of hydrogen-bond donors (Lipinski definition) is 3. The maximum absolute atomic E-state index is 12.1. The fraction of sp³-hybridized carbons (Fsp3) is 0.643. The Balaban J connectivity index is 1.79. The van der Waals surface area contributed by atoms with Crippen molar-refractivity contribution in [3.05, 3.63) is 32.6 Å². The van der Waals surface area contributed by atoms with E-state index < -0.39 is 11.2 Å². The highest BCUT2D eigenvalue weighted by Crippen LogP contribution is 2.17. The molecule has 3 N–H and O–H groups in total. The molecule has 8 heteroatoms. The molecule has 0 unspecified atom stereocenters. The topological polar surface area (TPSA) is 107 Å². The summed E-state index contributed by atoms with van der Waals surface area (Å²) in [5.74, 6) is -0.0716. The van der Waals surface area contributed by atoms with Crippen molar-refractivity contribution in [1.82, 2.24) is 20.2 Å². The number of methoxy groups -OCH3 is 1. The largest absolute Gasteiger partial charge is 0.383 e. The number of nitrogens with zero attached hydrogens (tertiary/aromatic N) is 1. The molecule has 0 radical (unpaired) electrons. The van der Waals surface area contributed by atoms with Crippen molar-refractivity contribution in [2.45, 2.75) is 19.4 Å². The van der Waals surface area contributed by atoms with Crippen LogP contribution in [-0.2, 0) is 16.1 Å². The van der Waals surface area contributed by atoms with Crippen molar-refractivity contribution >= 4 is 5.91 Å². The highest BCUT2D eigenvalue weighted by Gasteiger charge is 2.24. The van der Waals surface area contributed by atoms with Gasteiger partial charge >= 0.3 is 5.69 Å². The number of nitrogens with one attached hydrogen (secondary N) is 3. The number of aromatic nitrogens is 2. The predicted molar refractivity (Wildman–Crippen MR) is 80.6 cm³/mol. The number of amides is 1. The maximum Gasteiger partial charge on any atom is 0.325 e. The van der Waals surface area contributed by atoms with E-state index in [2.05, 4.69) is 20.2 Å². The van der Waals surface area contributed by atoms with E-state index >= 15 is 0 Å². The fourth-order valence-electron chi connectivity index (χ4n) is 2.53. The number of H-pyrrole nitrogens is 2. The molecule has 1 amide bonds. The fourth-order valence-corrected chi connectivity index (χ4v) is 2.53. The van der Waals surface area contributed by atoms with Crippen molar-refractivity contribution in [2.24, 2.45) is 5.92 Å². The molecule has 0 atom stereocenters. The Morgan fingerprint density at radius 1 is 1.41 bits per heavy atom. The van der Waals surface area contributed by atoms with Gasteiger partial charge in [-0.3, -0.25) is 14.6 Å². The molecule has 122 valence electrons. The third-order valence-corrected chi connectivity index (χ3v) is 3.92. The van der Waals surface area contributed by atoms with Crippen LogP contribution in [0.3, 0.4) is 0 Å². The molecule has 1 aromatic heterocycles. The molecule has 1 aliphatic heterocycles. The van der Waals surface area contributed by atoms with Gasteiger partial charge in [-0.25, -0.2) is 4.79 Å². The molecule has 1 fully saturated rings. The van der Waals surface area contributed by atoms with Gasteiger partial charge in [-0.1, -0.05) is 0 Å². The van der Waals surface area contributed by atoms with Crippen LogP contribution in [0.2, 0.25) is 0 Å². The van der Waals surface area contributed by atoms with Gasteiger partial charge < -0.3 is 19.9 Å². The summed E-state index contributed by atoms with van der Waals surface area (Å²) < 4.78 is 5.05.